The number of para-hydroxylation sites is 1. The van der Waals surface area contributed by atoms with E-state index >= 15 is 0 Å². The van der Waals surface area contributed by atoms with E-state index in [1.165, 1.54) is 0 Å². The van der Waals surface area contributed by atoms with Crippen LogP contribution in [0.25, 0.3) is 0 Å². The Balaban J connectivity index is 2.91. The first-order valence-corrected chi connectivity index (χ1v) is 4.99. The minimum atomic E-state index is -0.335. The maximum Gasteiger partial charge on any atom is 0.215 e. The molecule has 0 aliphatic heterocycles. The Hall–Kier alpha value is -1.51. The Kier molecular flexibility index (Phi) is 3.35. The van der Waals surface area contributed by atoms with Crippen LogP contribution >= 0.6 is 0 Å². The Morgan fingerprint density at radius 2 is 1.87 bits per heavy atom. The number of benzene rings is 1. The molecule has 3 nitrogen and oxygen atoms in total. The van der Waals surface area contributed by atoms with Crippen molar-refractivity contribution in [3.8, 4) is 0 Å². The highest BCUT2D eigenvalue weighted by Crippen LogP contribution is 2.18. The van der Waals surface area contributed by atoms with Gasteiger partial charge in [-0.05, 0) is 32.9 Å². The molecule has 0 unspecified atom stereocenters. The summed E-state index contributed by atoms with van der Waals surface area (Å²) in [6, 6.07) is 7.63. The zero-order chi connectivity index (χ0) is 11.5. The normalized spacial score (nSPS) is 10.9. The molecule has 0 atom stereocenters. The van der Waals surface area contributed by atoms with Crippen molar-refractivity contribution in [3.05, 3.63) is 29.8 Å². The zero-order valence-corrected chi connectivity index (χ0v) is 9.72. The molecule has 0 amide bonds. The maximum absolute atomic E-state index is 7.87. The van der Waals surface area contributed by atoms with E-state index in [4.69, 9.17) is 10.1 Å². The summed E-state index contributed by atoms with van der Waals surface area (Å²) in [4.78, 5) is 0. The number of ether oxygens (including phenoxy) is 1. The molecule has 0 heterocycles. The van der Waals surface area contributed by atoms with Gasteiger partial charge >= 0.3 is 0 Å². The van der Waals surface area contributed by atoms with Crippen LogP contribution in [0.4, 0.5) is 5.69 Å². The van der Waals surface area contributed by atoms with Crippen LogP contribution in [0.1, 0.15) is 26.3 Å². The van der Waals surface area contributed by atoms with Crippen molar-refractivity contribution in [1.29, 1.82) is 5.41 Å². The standard InChI is InChI=1S/C12H18N2O/c1-12(2,3)15-11(13)9-7-5-6-8-10(9)14-4/h5-8,13-14H,1-4H3. The van der Waals surface area contributed by atoms with Crippen LogP contribution in [-0.2, 0) is 4.74 Å². The van der Waals surface area contributed by atoms with Crippen molar-refractivity contribution >= 4 is 11.6 Å². The number of nitrogens with one attached hydrogen (secondary N) is 2. The number of anilines is 1. The highest BCUT2D eigenvalue weighted by Gasteiger charge is 2.16. The first-order valence-electron chi connectivity index (χ1n) is 4.99. The molecular formula is C12H18N2O. The monoisotopic (exact) mass is 206 g/mol. The van der Waals surface area contributed by atoms with E-state index in [1.807, 2.05) is 52.1 Å². The molecule has 0 aliphatic carbocycles. The highest BCUT2D eigenvalue weighted by molar-refractivity contribution is 5.97. The van der Waals surface area contributed by atoms with Gasteiger partial charge in [0.1, 0.15) is 5.60 Å². The van der Waals surface area contributed by atoms with Gasteiger partial charge < -0.3 is 10.1 Å². The first kappa shape index (κ1) is 11.6. The molecule has 2 N–H and O–H groups in total. The summed E-state index contributed by atoms with van der Waals surface area (Å²) in [7, 11) is 1.84. The Morgan fingerprint density at radius 3 is 2.40 bits per heavy atom. The molecular weight excluding hydrogens is 188 g/mol. The fraction of sp³-hybridized carbons (Fsp3) is 0.417. The third kappa shape index (κ3) is 3.27. The van der Waals surface area contributed by atoms with Gasteiger partial charge in [-0.15, -0.1) is 0 Å². The van der Waals surface area contributed by atoms with Gasteiger partial charge in [-0.1, -0.05) is 12.1 Å². The quantitative estimate of drug-likeness (QED) is 0.577. The lowest BCUT2D eigenvalue weighted by Crippen LogP contribution is -2.24. The minimum Gasteiger partial charge on any atom is -0.472 e. The van der Waals surface area contributed by atoms with Crippen LogP contribution in [0.5, 0.6) is 0 Å². The molecule has 0 spiro atoms. The van der Waals surface area contributed by atoms with Gasteiger partial charge in [0.2, 0.25) is 5.90 Å². The molecule has 3 heteroatoms. The van der Waals surface area contributed by atoms with Gasteiger partial charge in [-0.2, -0.15) is 0 Å². The molecule has 1 aromatic carbocycles. The van der Waals surface area contributed by atoms with Crippen LogP contribution in [0, 0.1) is 5.41 Å². The summed E-state index contributed by atoms with van der Waals surface area (Å²) in [5.41, 5.74) is 1.36. The Morgan fingerprint density at radius 1 is 1.27 bits per heavy atom. The van der Waals surface area contributed by atoms with Crippen molar-refractivity contribution < 1.29 is 4.74 Å². The number of hydrogen-bond donors (Lipinski definition) is 2. The molecule has 0 fully saturated rings. The number of rotatable bonds is 2. The molecule has 0 aromatic heterocycles. The smallest absolute Gasteiger partial charge is 0.215 e. The highest BCUT2D eigenvalue weighted by atomic mass is 16.5. The lowest BCUT2D eigenvalue weighted by Gasteiger charge is -2.22. The summed E-state index contributed by atoms with van der Waals surface area (Å²) in [6.45, 7) is 5.80. The van der Waals surface area contributed by atoms with Crippen molar-refractivity contribution in [2.75, 3.05) is 12.4 Å². The van der Waals surface area contributed by atoms with Crippen LogP contribution in [0.2, 0.25) is 0 Å². The summed E-state index contributed by atoms with van der Waals surface area (Å²) in [5.74, 6) is 0.201. The molecule has 0 saturated carbocycles. The molecule has 0 radical (unpaired) electrons. The summed E-state index contributed by atoms with van der Waals surface area (Å²) in [5, 5.41) is 10.9. The molecule has 1 aromatic rings. The van der Waals surface area contributed by atoms with Crippen molar-refractivity contribution in [1.82, 2.24) is 0 Å². The third-order valence-electron chi connectivity index (χ3n) is 1.85. The Bertz CT molecular complexity index is 353. The fourth-order valence-electron chi connectivity index (χ4n) is 1.26. The summed E-state index contributed by atoms with van der Waals surface area (Å²) >= 11 is 0. The van der Waals surface area contributed by atoms with Crippen molar-refractivity contribution in [3.63, 3.8) is 0 Å². The Labute approximate surface area is 91.0 Å². The lowest BCUT2D eigenvalue weighted by atomic mass is 10.1. The second kappa shape index (κ2) is 4.34. The van der Waals surface area contributed by atoms with Crippen molar-refractivity contribution in [2.45, 2.75) is 26.4 Å². The largest absolute Gasteiger partial charge is 0.472 e. The van der Waals surface area contributed by atoms with Crippen molar-refractivity contribution in [2.24, 2.45) is 0 Å². The fourth-order valence-corrected chi connectivity index (χ4v) is 1.26. The van der Waals surface area contributed by atoms with E-state index in [0.29, 0.717) is 0 Å². The van der Waals surface area contributed by atoms with Crippen LogP contribution in [0.15, 0.2) is 24.3 Å². The molecule has 0 bridgehead atoms. The van der Waals surface area contributed by atoms with Gasteiger partial charge in [-0.3, -0.25) is 5.41 Å². The predicted octanol–water partition coefficient (Wildman–Crippen LogP) is 2.87. The molecule has 1 rings (SSSR count). The van der Waals surface area contributed by atoms with Gasteiger partial charge in [0.05, 0.1) is 5.56 Å². The van der Waals surface area contributed by atoms with Gasteiger partial charge in [0, 0.05) is 12.7 Å². The lowest BCUT2D eigenvalue weighted by molar-refractivity contribution is 0.116. The topological polar surface area (TPSA) is 45.1 Å². The molecule has 82 valence electrons. The van der Waals surface area contributed by atoms with E-state index in [-0.39, 0.29) is 11.5 Å². The van der Waals surface area contributed by atoms with Gasteiger partial charge in [0.15, 0.2) is 0 Å². The van der Waals surface area contributed by atoms with E-state index in [9.17, 15) is 0 Å². The van der Waals surface area contributed by atoms with E-state index in [0.717, 1.165) is 11.3 Å². The van der Waals surface area contributed by atoms with Crippen LogP contribution in [-0.4, -0.2) is 18.5 Å². The average molecular weight is 206 g/mol. The second-order valence-corrected chi connectivity index (χ2v) is 4.34. The summed E-state index contributed by atoms with van der Waals surface area (Å²) < 4.78 is 5.51. The zero-order valence-electron chi connectivity index (χ0n) is 9.72. The van der Waals surface area contributed by atoms with Crippen LogP contribution in [0.3, 0.4) is 0 Å². The molecule has 15 heavy (non-hydrogen) atoms. The molecule has 0 saturated heterocycles. The molecule has 0 aliphatic rings. The van der Waals surface area contributed by atoms with E-state index in [2.05, 4.69) is 5.32 Å². The second-order valence-electron chi connectivity index (χ2n) is 4.34. The van der Waals surface area contributed by atoms with E-state index in [1.54, 1.807) is 0 Å². The summed E-state index contributed by atoms with van der Waals surface area (Å²) in [6.07, 6.45) is 0. The average Bonchev–Trinajstić information content (AvgIpc) is 2.15. The van der Waals surface area contributed by atoms with Crippen LogP contribution < -0.4 is 5.32 Å². The SMILES string of the molecule is CNc1ccccc1C(=N)OC(C)(C)C. The number of hydrogen-bond acceptors (Lipinski definition) is 3. The predicted molar refractivity (Wildman–Crippen MR) is 63.7 cm³/mol. The van der Waals surface area contributed by atoms with E-state index < -0.39 is 0 Å². The first-order chi connectivity index (χ1) is 6.94. The minimum absolute atomic E-state index is 0.201. The van der Waals surface area contributed by atoms with Gasteiger partial charge in [0.25, 0.3) is 0 Å². The van der Waals surface area contributed by atoms with Gasteiger partial charge in [-0.25, -0.2) is 0 Å². The maximum atomic E-state index is 7.87. The third-order valence-corrected chi connectivity index (χ3v) is 1.85.